The van der Waals surface area contributed by atoms with Gasteiger partial charge in [-0.15, -0.1) is 0 Å². The van der Waals surface area contributed by atoms with Gasteiger partial charge in [-0.05, 0) is 32.1 Å². The summed E-state index contributed by atoms with van der Waals surface area (Å²) in [6, 6.07) is 0. The zero-order valence-corrected chi connectivity index (χ0v) is 12.7. The van der Waals surface area contributed by atoms with E-state index >= 15 is 0 Å². The molecule has 2 N–H and O–H groups in total. The number of hydrogen-bond acceptors (Lipinski definition) is 4. The second-order valence-corrected chi connectivity index (χ2v) is 6.18. The van der Waals surface area contributed by atoms with Gasteiger partial charge in [-0.2, -0.15) is 0 Å². The van der Waals surface area contributed by atoms with Gasteiger partial charge in [0.2, 0.25) is 5.91 Å². The molecule has 118 valence electrons. The molecule has 1 saturated heterocycles. The van der Waals surface area contributed by atoms with Gasteiger partial charge >= 0.3 is 5.97 Å². The van der Waals surface area contributed by atoms with Gasteiger partial charge in [-0.3, -0.25) is 20.3 Å². The van der Waals surface area contributed by atoms with Gasteiger partial charge in [0.15, 0.2) is 5.96 Å². The number of esters is 1. The number of ether oxygens (including phenoxy) is 1. The lowest BCUT2D eigenvalue weighted by Gasteiger charge is -2.22. The molecule has 21 heavy (non-hydrogen) atoms. The van der Waals surface area contributed by atoms with Crippen molar-refractivity contribution >= 4 is 17.8 Å². The van der Waals surface area contributed by atoms with E-state index in [0.717, 1.165) is 51.4 Å². The second kappa shape index (κ2) is 6.91. The fourth-order valence-electron chi connectivity index (χ4n) is 2.64. The van der Waals surface area contributed by atoms with E-state index in [2.05, 4.69) is 5.32 Å². The number of rotatable bonds is 0. The number of carbonyl (C=O) groups excluding carboxylic acids is 2. The number of carbonyl (C=O) groups is 2. The molecule has 1 aliphatic heterocycles. The molecule has 6 nitrogen and oxygen atoms in total. The van der Waals surface area contributed by atoms with E-state index in [1.54, 1.807) is 7.05 Å². The van der Waals surface area contributed by atoms with Crippen LogP contribution in [0.25, 0.3) is 0 Å². The quantitative estimate of drug-likeness (QED) is 0.667. The standard InChI is InChI=1S/C15H25N3O3/c1-18-11-13(20)21-15(9-10-15)8-6-4-2-3-5-7-12(19)17-14(18)16/h2-11H2,1H3,(H2,16,17,19). The first kappa shape index (κ1) is 15.8. The lowest BCUT2D eigenvalue weighted by Crippen LogP contribution is -2.44. The van der Waals surface area contributed by atoms with Gasteiger partial charge < -0.3 is 9.64 Å². The van der Waals surface area contributed by atoms with Crippen LogP contribution in [-0.4, -0.2) is 41.9 Å². The van der Waals surface area contributed by atoms with E-state index in [-0.39, 0.29) is 30.0 Å². The second-order valence-electron chi connectivity index (χ2n) is 6.18. The number of nitrogens with one attached hydrogen (secondary N) is 2. The van der Waals surface area contributed by atoms with E-state index in [1.165, 1.54) is 4.90 Å². The Morgan fingerprint density at radius 2 is 1.76 bits per heavy atom. The Bertz CT molecular complexity index is 418. The Balaban J connectivity index is 1.93. The van der Waals surface area contributed by atoms with Gasteiger partial charge in [0.05, 0.1) is 0 Å². The molecule has 6 heteroatoms. The normalized spacial score (nSPS) is 24.8. The summed E-state index contributed by atoms with van der Waals surface area (Å²) in [6.07, 6.45) is 8.47. The number of nitrogens with zero attached hydrogens (tertiary/aromatic N) is 1. The Morgan fingerprint density at radius 3 is 2.48 bits per heavy atom. The Kier molecular flexibility index (Phi) is 5.20. The van der Waals surface area contributed by atoms with Crippen LogP contribution in [-0.2, 0) is 14.3 Å². The summed E-state index contributed by atoms with van der Waals surface area (Å²) >= 11 is 0. The van der Waals surface area contributed by atoms with Gasteiger partial charge in [0.1, 0.15) is 12.1 Å². The maximum atomic E-state index is 11.9. The summed E-state index contributed by atoms with van der Waals surface area (Å²) in [7, 11) is 1.61. The molecule has 0 aromatic heterocycles. The highest BCUT2D eigenvalue weighted by molar-refractivity contribution is 5.96. The summed E-state index contributed by atoms with van der Waals surface area (Å²) in [5, 5.41) is 10.3. The summed E-state index contributed by atoms with van der Waals surface area (Å²) in [5.74, 6) is -0.519. The van der Waals surface area contributed by atoms with Crippen LogP contribution in [0, 0.1) is 5.41 Å². The predicted molar refractivity (Wildman–Crippen MR) is 78.9 cm³/mol. The highest BCUT2D eigenvalue weighted by Gasteiger charge is 2.46. The molecule has 0 aromatic rings. The van der Waals surface area contributed by atoms with Crippen molar-refractivity contribution in [2.45, 2.75) is 63.4 Å². The molecule has 0 unspecified atom stereocenters. The first-order valence-corrected chi connectivity index (χ1v) is 7.82. The number of amides is 1. The molecule has 1 spiro atoms. The van der Waals surface area contributed by atoms with E-state index in [4.69, 9.17) is 10.1 Å². The van der Waals surface area contributed by atoms with Gasteiger partial charge in [0.25, 0.3) is 0 Å². The van der Waals surface area contributed by atoms with Crippen molar-refractivity contribution in [1.82, 2.24) is 10.2 Å². The van der Waals surface area contributed by atoms with E-state index in [9.17, 15) is 9.59 Å². The van der Waals surface area contributed by atoms with Crippen molar-refractivity contribution in [2.24, 2.45) is 0 Å². The van der Waals surface area contributed by atoms with Gasteiger partial charge in [-0.25, -0.2) is 0 Å². The minimum Gasteiger partial charge on any atom is -0.458 e. The van der Waals surface area contributed by atoms with Crippen LogP contribution in [0.1, 0.15) is 57.8 Å². The fraction of sp³-hybridized carbons (Fsp3) is 0.800. The molecule has 1 saturated carbocycles. The fourth-order valence-corrected chi connectivity index (χ4v) is 2.64. The Labute approximate surface area is 125 Å². The van der Waals surface area contributed by atoms with Crippen molar-refractivity contribution in [2.75, 3.05) is 13.6 Å². The predicted octanol–water partition coefficient (Wildman–Crippen LogP) is 1.79. The maximum absolute atomic E-state index is 11.9. The third kappa shape index (κ3) is 5.02. The van der Waals surface area contributed by atoms with Crippen LogP contribution in [0.2, 0.25) is 0 Å². The summed E-state index contributed by atoms with van der Waals surface area (Å²) in [4.78, 5) is 25.0. The summed E-state index contributed by atoms with van der Waals surface area (Å²) < 4.78 is 5.58. The number of likely N-dealkylation sites (N-methyl/N-ethyl adjacent to an activating group) is 1. The average Bonchev–Trinajstić information content (AvgIpc) is 3.16. The molecule has 2 fully saturated rings. The molecular formula is C15H25N3O3. The molecule has 0 atom stereocenters. The van der Waals surface area contributed by atoms with Gasteiger partial charge in [-0.1, -0.05) is 19.3 Å². The highest BCUT2D eigenvalue weighted by Crippen LogP contribution is 2.44. The summed E-state index contributed by atoms with van der Waals surface area (Å²) in [6.45, 7) is 0.000856. The van der Waals surface area contributed by atoms with Gasteiger partial charge in [0, 0.05) is 13.5 Å². The molecule has 0 bridgehead atoms. The van der Waals surface area contributed by atoms with E-state index in [0.29, 0.717) is 6.42 Å². The molecule has 2 rings (SSSR count). The van der Waals surface area contributed by atoms with Crippen molar-refractivity contribution in [3.63, 3.8) is 0 Å². The molecule has 1 heterocycles. The minimum atomic E-state index is -0.316. The van der Waals surface area contributed by atoms with Crippen LogP contribution in [0.4, 0.5) is 0 Å². The highest BCUT2D eigenvalue weighted by atomic mass is 16.6. The molecule has 2 aliphatic rings. The Hall–Kier alpha value is -1.59. The van der Waals surface area contributed by atoms with Crippen molar-refractivity contribution in [1.29, 1.82) is 5.41 Å². The first-order valence-electron chi connectivity index (χ1n) is 7.82. The molecular weight excluding hydrogens is 270 g/mol. The average molecular weight is 295 g/mol. The summed E-state index contributed by atoms with van der Waals surface area (Å²) in [5.41, 5.74) is -0.233. The Morgan fingerprint density at radius 1 is 1.10 bits per heavy atom. The topological polar surface area (TPSA) is 82.5 Å². The zero-order valence-electron chi connectivity index (χ0n) is 12.7. The molecule has 0 radical (unpaired) electrons. The van der Waals surface area contributed by atoms with Crippen molar-refractivity contribution < 1.29 is 14.3 Å². The smallest absolute Gasteiger partial charge is 0.326 e. The zero-order chi connectivity index (χ0) is 15.3. The lowest BCUT2D eigenvalue weighted by atomic mass is 10.1. The molecule has 1 aliphatic carbocycles. The molecule has 1 amide bonds. The monoisotopic (exact) mass is 295 g/mol. The first-order chi connectivity index (χ1) is 10.0. The van der Waals surface area contributed by atoms with Crippen LogP contribution in [0.3, 0.4) is 0 Å². The third-order valence-corrected chi connectivity index (χ3v) is 4.18. The lowest BCUT2D eigenvalue weighted by molar-refractivity contribution is -0.151. The third-order valence-electron chi connectivity index (χ3n) is 4.18. The number of guanidine groups is 1. The number of hydrogen-bond donors (Lipinski definition) is 2. The largest absolute Gasteiger partial charge is 0.458 e. The van der Waals surface area contributed by atoms with Crippen LogP contribution in [0.5, 0.6) is 0 Å². The van der Waals surface area contributed by atoms with Crippen LogP contribution in [0.15, 0.2) is 0 Å². The van der Waals surface area contributed by atoms with E-state index in [1.807, 2.05) is 0 Å². The van der Waals surface area contributed by atoms with Crippen LogP contribution < -0.4 is 5.32 Å². The SMILES string of the molecule is CN1CC(=O)OC2(CCCCCCCC(=O)NC1=N)CC2. The van der Waals surface area contributed by atoms with Crippen LogP contribution >= 0.6 is 0 Å². The van der Waals surface area contributed by atoms with Crippen molar-refractivity contribution in [3.8, 4) is 0 Å². The minimum absolute atomic E-state index is 0.000856. The van der Waals surface area contributed by atoms with Crippen molar-refractivity contribution in [3.05, 3.63) is 0 Å². The molecule has 0 aromatic carbocycles. The van der Waals surface area contributed by atoms with E-state index < -0.39 is 0 Å². The maximum Gasteiger partial charge on any atom is 0.326 e.